The standard InChI is InChI=1S/C23H29IO5/c24-16-7-10-18(11-8-16)28-15-17(25)9-12-20-19(21-13-14-22(20)29-21)5-3-1-2-4-6-23(26)27/h1,3,7-12,17,19-22,25H,2,4-6,13-15H2,(H,26,27)/b3-1+,12-9+/t17-,19-,20-,21-,22-/m1/s1/i24-2. The van der Waals surface area contributed by atoms with Gasteiger partial charge in [0.1, 0.15) is 18.5 Å². The third kappa shape index (κ3) is 6.83. The first-order chi connectivity index (χ1) is 14.0. The van der Waals surface area contributed by atoms with Crippen molar-refractivity contribution < 1.29 is 24.5 Å². The highest BCUT2D eigenvalue weighted by molar-refractivity contribution is 14.1. The van der Waals surface area contributed by atoms with Crippen molar-refractivity contribution in [3.63, 3.8) is 0 Å². The maximum Gasteiger partial charge on any atom is 0.303 e. The normalized spacial score (nSPS) is 27.1. The number of carboxylic acids is 1. The molecule has 0 unspecified atom stereocenters. The molecule has 2 saturated heterocycles. The van der Waals surface area contributed by atoms with E-state index in [1.54, 1.807) is 0 Å². The Balaban J connectivity index is 1.46. The first-order valence-corrected chi connectivity index (χ1v) is 11.4. The predicted molar refractivity (Wildman–Crippen MR) is 120 cm³/mol. The summed E-state index contributed by atoms with van der Waals surface area (Å²) in [6.07, 6.45) is 12.9. The molecular formula is C23H29IO5. The molecule has 5 atom stereocenters. The largest absolute Gasteiger partial charge is 0.491 e. The Morgan fingerprint density at radius 1 is 1.24 bits per heavy atom. The van der Waals surface area contributed by atoms with Crippen LogP contribution in [0, 0.1) is 15.4 Å². The molecule has 2 aliphatic rings. The zero-order valence-corrected chi connectivity index (χ0v) is 18.6. The van der Waals surface area contributed by atoms with Gasteiger partial charge in [-0.3, -0.25) is 4.79 Å². The van der Waals surface area contributed by atoms with Gasteiger partial charge in [-0.15, -0.1) is 0 Å². The molecule has 0 aromatic heterocycles. The number of aliphatic hydroxyl groups is 1. The second-order valence-corrected chi connectivity index (χ2v) is 8.99. The molecule has 0 radical (unpaired) electrons. The summed E-state index contributed by atoms with van der Waals surface area (Å²) in [7, 11) is 0. The molecular weight excluding hydrogens is 481 g/mol. The first kappa shape index (κ1) is 22.3. The zero-order valence-electron chi connectivity index (χ0n) is 16.5. The zero-order chi connectivity index (χ0) is 20.6. The summed E-state index contributed by atoms with van der Waals surface area (Å²) in [6.45, 7) is 0.229. The molecule has 3 rings (SSSR count). The fourth-order valence-electron chi connectivity index (χ4n) is 4.15. The Labute approximate surface area is 185 Å². The van der Waals surface area contributed by atoms with Crippen molar-refractivity contribution in [2.75, 3.05) is 6.61 Å². The van der Waals surface area contributed by atoms with Gasteiger partial charge < -0.3 is 19.7 Å². The van der Waals surface area contributed by atoms with E-state index in [1.807, 2.05) is 30.3 Å². The van der Waals surface area contributed by atoms with E-state index in [2.05, 4.69) is 40.8 Å². The third-order valence-corrected chi connectivity index (χ3v) is 6.33. The van der Waals surface area contributed by atoms with Gasteiger partial charge in [0, 0.05) is 15.9 Å². The maximum atomic E-state index is 10.6. The summed E-state index contributed by atoms with van der Waals surface area (Å²) in [4.78, 5) is 10.6. The highest BCUT2D eigenvalue weighted by atomic mass is 125. The topological polar surface area (TPSA) is 76.0 Å². The minimum Gasteiger partial charge on any atom is -0.491 e. The number of rotatable bonds is 11. The van der Waals surface area contributed by atoms with Crippen molar-refractivity contribution >= 4 is 28.6 Å². The number of carboxylic acid groups (broad SMARTS) is 1. The molecule has 2 aliphatic heterocycles. The van der Waals surface area contributed by atoms with Gasteiger partial charge in [0.15, 0.2) is 0 Å². The van der Waals surface area contributed by atoms with E-state index in [4.69, 9.17) is 14.6 Å². The van der Waals surface area contributed by atoms with E-state index in [1.165, 1.54) is 0 Å². The highest BCUT2D eigenvalue weighted by Crippen LogP contribution is 2.45. The van der Waals surface area contributed by atoms with Crippen LogP contribution in [0.5, 0.6) is 5.75 Å². The Kier molecular flexibility index (Phi) is 8.56. The molecule has 1 aromatic rings. The van der Waals surface area contributed by atoms with Crippen LogP contribution in [0.4, 0.5) is 0 Å². The fraction of sp³-hybridized carbons (Fsp3) is 0.522. The number of unbranched alkanes of at least 4 members (excludes halogenated alkanes) is 1. The molecule has 2 heterocycles. The Morgan fingerprint density at radius 2 is 2.00 bits per heavy atom. The van der Waals surface area contributed by atoms with E-state index in [0.29, 0.717) is 24.4 Å². The Bertz CT molecular complexity index is 714. The lowest BCUT2D eigenvalue weighted by Crippen LogP contribution is -2.26. The quantitative estimate of drug-likeness (QED) is 0.259. The number of aliphatic carboxylic acids is 1. The Hall–Kier alpha value is -1.38. The first-order valence-electron chi connectivity index (χ1n) is 10.3. The van der Waals surface area contributed by atoms with Gasteiger partial charge in [-0.25, -0.2) is 0 Å². The number of fused-ring (bicyclic) bond motifs is 2. The number of hydrogen-bond acceptors (Lipinski definition) is 4. The van der Waals surface area contributed by atoms with E-state index < -0.39 is 12.1 Å². The lowest BCUT2D eigenvalue weighted by molar-refractivity contribution is -0.137. The SMILES string of the molecule is O=C(O)CCC/C=C/C[C@@H]1[C@@H](/C=C/[C@@H](O)COc2ccc([125I])cc2)[C@H]2CC[C@H]1O2. The van der Waals surface area contributed by atoms with Crippen LogP contribution < -0.4 is 4.74 Å². The van der Waals surface area contributed by atoms with E-state index in [-0.39, 0.29) is 19.1 Å². The predicted octanol–water partition coefficient (Wildman–Crippen LogP) is 4.58. The van der Waals surface area contributed by atoms with Crippen LogP contribution in [-0.2, 0) is 9.53 Å². The van der Waals surface area contributed by atoms with Crippen LogP contribution in [0.3, 0.4) is 0 Å². The molecule has 0 saturated carbocycles. The number of allylic oxidation sites excluding steroid dienone is 2. The summed E-state index contributed by atoms with van der Waals surface area (Å²) in [5.41, 5.74) is 0. The summed E-state index contributed by atoms with van der Waals surface area (Å²) < 4.78 is 12.9. The monoisotopic (exact) mass is 510 g/mol. The number of benzene rings is 1. The van der Waals surface area contributed by atoms with Gasteiger partial charge in [0.2, 0.25) is 0 Å². The van der Waals surface area contributed by atoms with Crippen LogP contribution in [0.1, 0.15) is 38.5 Å². The number of halogens is 1. The summed E-state index contributed by atoms with van der Waals surface area (Å²) in [6, 6.07) is 7.76. The van der Waals surface area contributed by atoms with Crippen LogP contribution >= 0.6 is 22.6 Å². The molecule has 0 spiro atoms. The van der Waals surface area contributed by atoms with Crippen molar-refractivity contribution in [1.29, 1.82) is 0 Å². The molecule has 2 N–H and O–H groups in total. The molecule has 158 valence electrons. The maximum absolute atomic E-state index is 10.6. The second kappa shape index (κ2) is 11.1. The van der Waals surface area contributed by atoms with Crippen LogP contribution in [0.25, 0.3) is 0 Å². The number of aliphatic hydroxyl groups excluding tert-OH is 1. The van der Waals surface area contributed by atoms with Gasteiger partial charge in [0.25, 0.3) is 0 Å². The molecule has 2 bridgehead atoms. The molecule has 5 nitrogen and oxygen atoms in total. The van der Waals surface area contributed by atoms with Gasteiger partial charge in [0.05, 0.1) is 12.2 Å². The lowest BCUT2D eigenvalue weighted by atomic mass is 9.77. The van der Waals surface area contributed by atoms with Crippen molar-refractivity contribution in [1.82, 2.24) is 0 Å². The minimum atomic E-state index is -0.741. The molecule has 1 aromatic carbocycles. The summed E-state index contributed by atoms with van der Waals surface area (Å²) in [5, 5.41) is 19.0. The van der Waals surface area contributed by atoms with E-state index in [0.717, 1.165) is 35.0 Å². The Morgan fingerprint density at radius 3 is 2.76 bits per heavy atom. The van der Waals surface area contributed by atoms with E-state index in [9.17, 15) is 9.90 Å². The van der Waals surface area contributed by atoms with Gasteiger partial charge in [-0.05, 0) is 84.9 Å². The lowest BCUT2D eigenvalue weighted by Gasteiger charge is -2.25. The average molecular weight is 510 g/mol. The van der Waals surface area contributed by atoms with Gasteiger partial charge in [-0.2, -0.15) is 0 Å². The second-order valence-electron chi connectivity index (χ2n) is 7.74. The molecule has 0 amide bonds. The number of hydrogen-bond donors (Lipinski definition) is 2. The molecule has 6 heteroatoms. The van der Waals surface area contributed by atoms with Crippen LogP contribution in [0.2, 0.25) is 0 Å². The third-order valence-electron chi connectivity index (χ3n) is 5.61. The van der Waals surface area contributed by atoms with Crippen molar-refractivity contribution in [2.24, 2.45) is 11.8 Å². The summed E-state index contributed by atoms with van der Waals surface area (Å²) in [5.74, 6) is 0.747. The summed E-state index contributed by atoms with van der Waals surface area (Å²) >= 11 is 2.25. The van der Waals surface area contributed by atoms with Crippen LogP contribution in [0.15, 0.2) is 48.6 Å². The van der Waals surface area contributed by atoms with Crippen LogP contribution in [-0.4, -0.2) is 41.1 Å². The fourth-order valence-corrected chi connectivity index (χ4v) is 4.51. The molecule has 2 fully saturated rings. The number of carbonyl (C=O) groups is 1. The smallest absolute Gasteiger partial charge is 0.303 e. The number of ether oxygens (including phenoxy) is 2. The molecule has 29 heavy (non-hydrogen) atoms. The van der Waals surface area contributed by atoms with Crippen molar-refractivity contribution in [3.05, 3.63) is 52.1 Å². The molecule has 0 aliphatic carbocycles. The van der Waals surface area contributed by atoms with Gasteiger partial charge >= 0.3 is 5.97 Å². The average Bonchev–Trinajstić information content (AvgIpc) is 3.30. The van der Waals surface area contributed by atoms with Crippen molar-refractivity contribution in [3.8, 4) is 5.75 Å². The van der Waals surface area contributed by atoms with Gasteiger partial charge in [-0.1, -0.05) is 24.3 Å². The van der Waals surface area contributed by atoms with Crippen molar-refractivity contribution in [2.45, 2.75) is 56.8 Å². The minimum absolute atomic E-state index is 0.217. The van der Waals surface area contributed by atoms with E-state index >= 15 is 0 Å². The highest BCUT2D eigenvalue weighted by Gasteiger charge is 2.46.